The first kappa shape index (κ1) is 30.8. The van der Waals surface area contributed by atoms with Gasteiger partial charge in [-0.05, 0) is 37.2 Å². The summed E-state index contributed by atoms with van der Waals surface area (Å²) in [6, 6.07) is 12.4. The molecule has 2 amide bonds. The molecule has 3 aliphatic heterocycles. The van der Waals surface area contributed by atoms with Gasteiger partial charge < -0.3 is 34.8 Å². The number of benzene rings is 2. The molecule has 0 saturated carbocycles. The Hall–Kier alpha value is -4.82. The van der Waals surface area contributed by atoms with Crippen LogP contribution in [0.3, 0.4) is 0 Å². The second kappa shape index (κ2) is 11.8. The summed E-state index contributed by atoms with van der Waals surface area (Å²) in [5.41, 5.74) is 4.65. The molecule has 0 unspecified atom stereocenters. The topological polar surface area (TPSA) is 151 Å². The van der Waals surface area contributed by atoms with Gasteiger partial charge in [0.1, 0.15) is 5.69 Å². The first-order chi connectivity index (χ1) is 22.6. The number of likely N-dealkylation sites (N-methyl/N-ethyl adjacent to an activating group) is 1. The molecular weight excluding hydrogens is 626 g/mol. The number of rotatable bonds is 7. The van der Waals surface area contributed by atoms with Gasteiger partial charge in [-0.1, -0.05) is 35.9 Å². The second-order valence-electron chi connectivity index (χ2n) is 12.1. The summed E-state index contributed by atoms with van der Waals surface area (Å²) in [5.74, 6) is -1.16. The van der Waals surface area contributed by atoms with Crippen molar-refractivity contribution in [2.75, 3.05) is 37.4 Å². The summed E-state index contributed by atoms with van der Waals surface area (Å²) in [4.78, 5) is 55.4. The van der Waals surface area contributed by atoms with Crippen LogP contribution in [-0.4, -0.2) is 79.7 Å². The number of aromatic nitrogens is 3. The second-order valence-corrected chi connectivity index (χ2v) is 12.4. The number of aliphatic carboxylic acids is 1. The predicted octanol–water partition coefficient (Wildman–Crippen LogP) is 3.90. The van der Waals surface area contributed by atoms with Crippen LogP contribution in [-0.2, 0) is 36.1 Å². The Kier molecular flexibility index (Phi) is 7.71. The van der Waals surface area contributed by atoms with E-state index in [2.05, 4.69) is 25.5 Å². The molecule has 13 nitrogen and oxygen atoms in total. The zero-order chi connectivity index (χ0) is 33.0. The van der Waals surface area contributed by atoms with E-state index in [4.69, 9.17) is 21.2 Å². The third-order valence-electron chi connectivity index (χ3n) is 9.02. The summed E-state index contributed by atoms with van der Waals surface area (Å²) < 4.78 is 7.00. The zero-order valence-electron chi connectivity index (χ0n) is 26.0. The molecule has 0 bridgehead atoms. The Labute approximate surface area is 275 Å². The number of fused-ring (bicyclic) bond motifs is 2. The third-order valence-corrected chi connectivity index (χ3v) is 9.43. The van der Waals surface area contributed by atoms with Crippen LogP contribution in [0.4, 0.5) is 11.4 Å². The van der Waals surface area contributed by atoms with E-state index < -0.39 is 17.4 Å². The zero-order valence-corrected chi connectivity index (χ0v) is 26.7. The Morgan fingerprint density at radius 3 is 2.45 bits per heavy atom. The average molecular weight is 658 g/mol. The maximum absolute atomic E-state index is 13.3. The third kappa shape index (κ3) is 5.30. The largest absolute Gasteiger partial charge is 0.480 e. The number of hydrogen-bond acceptors (Lipinski definition) is 9. The average Bonchev–Trinajstić information content (AvgIpc) is 3.58. The van der Waals surface area contributed by atoms with Crippen molar-refractivity contribution < 1.29 is 29.1 Å². The number of carboxylic acids is 1. The van der Waals surface area contributed by atoms with Crippen LogP contribution in [0.2, 0.25) is 5.02 Å². The molecule has 3 aliphatic rings. The fourth-order valence-electron chi connectivity index (χ4n) is 6.13. The molecule has 3 N–H and O–H groups in total. The predicted molar refractivity (Wildman–Crippen MR) is 172 cm³/mol. The van der Waals surface area contributed by atoms with Gasteiger partial charge in [0.25, 0.3) is 11.8 Å². The summed E-state index contributed by atoms with van der Waals surface area (Å²) >= 11 is 6.88. The summed E-state index contributed by atoms with van der Waals surface area (Å²) in [7, 11) is 3.88. The fourth-order valence-corrected chi connectivity index (χ4v) is 6.41. The molecule has 4 aromatic rings. The van der Waals surface area contributed by atoms with Crippen LogP contribution in [0.1, 0.15) is 43.6 Å². The van der Waals surface area contributed by atoms with Gasteiger partial charge >= 0.3 is 5.97 Å². The summed E-state index contributed by atoms with van der Waals surface area (Å²) in [5, 5.41) is 17.3. The molecular formula is C33H32ClN7O6. The first-order valence-corrected chi connectivity index (χ1v) is 15.4. The highest BCUT2D eigenvalue weighted by atomic mass is 35.5. The minimum Gasteiger partial charge on any atom is -0.480 e. The molecule has 2 aromatic carbocycles. The molecule has 0 atom stereocenters. The van der Waals surface area contributed by atoms with Crippen LogP contribution in [0.15, 0.2) is 48.7 Å². The highest BCUT2D eigenvalue weighted by Gasteiger charge is 2.55. The van der Waals surface area contributed by atoms with Crippen molar-refractivity contribution in [3.05, 3.63) is 87.7 Å². The van der Waals surface area contributed by atoms with Crippen LogP contribution in [0.5, 0.6) is 5.75 Å². The number of imidazole rings is 1. The number of carbonyl (C=O) groups is 3. The SMILES string of the molecule is Cc1c(NC(=O)c2cc3c(cn2)CN(C2(C(=O)O)COC2)O3)cccc1-c1cccc(NC(=O)c2nc3c(n2C)CCN(C)C3)c1Cl. The van der Waals surface area contributed by atoms with Gasteiger partial charge in [0.05, 0.1) is 36.2 Å². The van der Waals surface area contributed by atoms with E-state index >= 15 is 0 Å². The van der Waals surface area contributed by atoms with Gasteiger partial charge in [-0.3, -0.25) is 14.6 Å². The van der Waals surface area contributed by atoms with Crippen LogP contribution in [0.25, 0.3) is 11.1 Å². The number of carbonyl (C=O) groups excluding carboxylic acids is 2. The molecule has 47 heavy (non-hydrogen) atoms. The lowest BCUT2D eigenvalue weighted by Gasteiger charge is -2.42. The quantitative estimate of drug-likeness (QED) is 0.267. The van der Waals surface area contributed by atoms with Crippen molar-refractivity contribution in [2.24, 2.45) is 7.05 Å². The molecule has 5 heterocycles. The number of hydroxylamine groups is 2. The van der Waals surface area contributed by atoms with E-state index in [0.717, 1.165) is 35.5 Å². The Bertz CT molecular complexity index is 1960. The van der Waals surface area contributed by atoms with Gasteiger partial charge in [-0.2, -0.15) is 0 Å². The molecule has 242 valence electrons. The molecule has 7 rings (SSSR count). The smallest absolute Gasteiger partial charge is 0.332 e. The minimum absolute atomic E-state index is 0.00973. The van der Waals surface area contributed by atoms with E-state index in [9.17, 15) is 19.5 Å². The van der Waals surface area contributed by atoms with Crippen molar-refractivity contribution in [2.45, 2.75) is 32.0 Å². The van der Waals surface area contributed by atoms with Crippen molar-refractivity contribution >= 4 is 40.8 Å². The highest BCUT2D eigenvalue weighted by molar-refractivity contribution is 6.36. The first-order valence-electron chi connectivity index (χ1n) is 15.1. The van der Waals surface area contributed by atoms with Crippen molar-refractivity contribution in [1.29, 1.82) is 0 Å². The molecule has 1 saturated heterocycles. The number of hydrogen-bond donors (Lipinski definition) is 3. The molecule has 0 spiro atoms. The Morgan fingerprint density at radius 1 is 1.00 bits per heavy atom. The van der Waals surface area contributed by atoms with Gasteiger partial charge in [0, 0.05) is 61.3 Å². The highest BCUT2D eigenvalue weighted by Crippen LogP contribution is 2.39. The van der Waals surface area contributed by atoms with E-state index in [1.807, 2.05) is 43.8 Å². The summed E-state index contributed by atoms with van der Waals surface area (Å²) in [6.07, 6.45) is 2.34. The number of nitrogens with one attached hydrogen (secondary N) is 2. The Morgan fingerprint density at radius 2 is 1.72 bits per heavy atom. The fraction of sp³-hybridized carbons (Fsp3) is 0.303. The maximum atomic E-state index is 13.3. The number of carboxylic acid groups (broad SMARTS) is 1. The normalized spacial score (nSPS) is 16.9. The molecule has 2 aromatic heterocycles. The van der Waals surface area contributed by atoms with Crippen molar-refractivity contribution in [1.82, 2.24) is 24.5 Å². The maximum Gasteiger partial charge on any atom is 0.332 e. The van der Waals surface area contributed by atoms with Crippen LogP contribution < -0.4 is 15.5 Å². The van der Waals surface area contributed by atoms with Gasteiger partial charge in [0.2, 0.25) is 0 Å². The van der Waals surface area contributed by atoms with Gasteiger partial charge in [-0.15, -0.1) is 5.06 Å². The van der Waals surface area contributed by atoms with Gasteiger partial charge in [0.15, 0.2) is 17.1 Å². The van der Waals surface area contributed by atoms with Crippen molar-refractivity contribution in [3.8, 4) is 16.9 Å². The number of ether oxygens (including phenoxy) is 1. The Balaban J connectivity index is 1.09. The number of halogens is 1. The van der Waals surface area contributed by atoms with E-state index in [0.29, 0.717) is 45.6 Å². The minimum atomic E-state index is -1.27. The number of anilines is 2. The number of pyridine rings is 1. The van der Waals surface area contributed by atoms with Crippen LogP contribution in [0, 0.1) is 6.92 Å². The molecule has 1 fully saturated rings. The van der Waals surface area contributed by atoms with Crippen molar-refractivity contribution in [3.63, 3.8) is 0 Å². The van der Waals surface area contributed by atoms with E-state index in [1.165, 1.54) is 17.3 Å². The lowest BCUT2D eigenvalue weighted by Crippen LogP contribution is -2.66. The molecule has 0 aliphatic carbocycles. The van der Waals surface area contributed by atoms with Gasteiger partial charge in [-0.25, -0.2) is 9.78 Å². The lowest BCUT2D eigenvalue weighted by atomic mass is 9.97. The number of amides is 2. The van der Waals surface area contributed by atoms with E-state index in [-0.39, 0.29) is 31.4 Å². The molecule has 14 heteroatoms. The van der Waals surface area contributed by atoms with E-state index in [1.54, 1.807) is 18.2 Å². The summed E-state index contributed by atoms with van der Waals surface area (Å²) in [6.45, 7) is 3.69. The monoisotopic (exact) mass is 657 g/mol. The lowest BCUT2D eigenvalue weighted by molar-refractivity contribution is -0.240. The standard InChI is InChI=1S/C33H32ClN7O6/c1-18-20(21-7-5-9-23(28(21)34)38-31(43)29-36-25-15-39(2)11-10-26(25)40(29)3)6-4-8-22(18)37-30(42)24-12-27-19(13-35-24)14-41(47-27)33(32(44)45)16-46-17-33/h4-9,12-13H,10-11,14-17H2,1-3H3,(H,37,42)(H,38,43)(H,44,45). The van der Waals surface area contributed by atoms with Crippen LogP contribution >= 0.6 is 11.6 Å². The molecule has 0 radical (unpaired) electrons. The number of nitrogens with zero attached hydrogens (tertiary/aromatic N) is 5.